The molecule has 1 saturated heterocycles. The van der Waals surface area contributed by atoms with Crippen LogP contribution in [0.25, 0.3) is 10.6 Å². The number of thioether (sulfide) groups is 1. The minimum Gasteiger partial charge on any atom is -0.369 e. The quantitative estimate of drug-likeness (QED) is 0.152. The molecule has 4 aliphatic rings. The van der Waals surface area contributed by atoms with Gasteiger partial charge in [-0.15, -0.1) is 23.1 Å². The minimum absolute atomic E-state index is 0.110. The van der Waals surface area contributed by atoms with Crippen LogP contribution in [0.15, 0.2) is 35.4 Å². The van der Waals surface area contributed by atoms with Gasteiger partial charge in [0.1, 0.15) is 5.56 Å². The van der Waals surface area contributed by atoms with Crippen molar-refractivity contribution in [2.75, 3.05) is 55.2 Å². The summed E-state index contributed by atoms with van der Waals surface area (Å²) in [6.07, 6.45) is 4.25. The van der Waals surface area contributed by atoms with Crippen LogP contribution in [-0.4, -0.2) is 77.2 Å². The highest BCUT2D eigenvalue weighted by Crippen LogP contribution is 2.46. The van der Waals surface area contributed by atoms with E-state index in [9.17, 15) is 18.0 Å². The summed E-state index contributed by atoms with van der Waals surface area (Å²) in [6, 6.07) is 8.53. The van der Waals surface area contributed by atoms with Crippen molar-refractivity contribution in [2.45, 2.75) is 68.5 Å². The maximum atomic E-state index is 14.2. The van der Waals surface area contributed by atoms with Crippen molar-refractivity contribution in [3.05, 3.63) is 46.5 Å². The molecule has 4 fully saturated rings. The topological polar surface area (TPSA) is 64.6 Å². The van der Waals surface area contributed by atoms with E-state index in [1.807, 2.05) is 17.9 Å². The Bertz CT molecular complexity index is 1530. The molecule has 0 bridgehead atoms. The van der Waals surface area contributed by atoms with Crippen LogP contribution in [0.5, 0.6) is 0 Å². The second-order valence-corrected chi connectivity index (χ2v) is 15.2. The zero-order valence-corrected chi connectivity index (χ0v) is 27.1. The van der Waals surface area contributed by atoms with Crippen molar-refractivity contribution in [3.63, 3.8) is 0 Å². The van der Waals surface area contributed by atoms with Gasteiger partial charge in [0.2, 0.25) is 12.4 Å². The molecular weight excluding hydrogens is 618 g/mol. The number of thiophene rings is 1. The predicted octanol–water partition coefficient (Wildman–Crippen LogP) is 7.40. The fourth-order valence-corrected chi connectivity index (χ4v) is 8.34. The number of aromatic nitrogens is 2. The fraction of sp³-hybridized carbons (Fsp3) is 0.545. The number of benzene rings is 1. The second kappa shape index (κ2) is 12.8. The van der Waals surface area contributed by atoms with Gasteiger partial charge in [-0.25, -0.2) is 9.97 Å². The van der Waals surface area contributed by atoms with Gasteiger partial charge in [-0.1, -0.05) is 0 Å². The Balaban J connectivity index is 1.09. The number of alkyl halides is 3. The standard InChI is InChI=1S/C33H39F3N6OS2/c1-21-29(44-15-14-42(20-43)24-6-7-24)17-30(45-21)31-27(33(34,35)36)18-37-32(39-31)38-28-9-8-25(16-26(28)23-4-5-23)41-12-10-40(11-13-41)19-22-2-3-22/h8-9,16-18,20,22-24H,2-7,10-15,19H2,1H3,(H,37,38,39). The summed E-state index contributed by atoms with van der Waals surface area (Å²) in [7, 11) is 0. The lowest BCUT2D eigenvalue weighted by atomic mass is 10.1. The number of aryl methyl sites for hydroxylation is 1. The molecule has 1 aromatic carbocycles. The fourth-order valence-electron chi connectivity index (χ4n) is 6.12. The third kappa shape index (κ3) is 7.44. The Kier molecular flexibility index (Phi) is 8.73. The Morgan fingerprint density at radius 3 is 2.53 bits per heavy atom. The van der Waals surface area contributed by atoms with E-state index >= 15 is 0 Å². The largest absolute Gasteiger partial charge is 0.420 e. The van der Waals surface area contributed by atoms with Crippen LogP contribution in [0.1, 0.15) is 60.4 Å². The molecule has 1 aliphatic heterocycles. The molecule has 1 N–H and O–H groups in total. The first-order valence-electron chi connectivity index (χ1n) is 16.0. The van der Waals surface area contributed by atoms with E-state index in [0.29, 0.717) is 29.1 Å². The van der Waals surface area contributed by atoms with Crippen molar-refractivity contribution >= 4 is 46.8 Å². The van der Waals surface area contributed by atoms with E-state index < -0.39 is 11.7 Å². The average molecular weight is 657 g/mol. The summed E-state index contributed by atoms with van der Waals surface area (Å²) in [5, 5.41) is 3.28. The Hall–Kier alpha value is -2.83. The Morgan fingerprint density at radius 2 is 1.87 bits per heavy atom. The molecule has 2 aromatic heterocycles. The zero-order valence-electron chi connectivity index (χ0n) is 25.5. The molecule has 0 spiro atoms. The first-order valence-corrected chi connectivity index (χ1v) is 17.8. The van der Waals surface area contributed by atoms with Crippen LogP contribution in [0, 0.1) is 12.8 Å². The molecule has 12 heteroatoms. The maximum Gasteiger partial charge on any atom is 0.420 e. The van der Waals surface area contributed by atoms with E-state index in [2.05, 4.69) is 37.2 Å². The van der Waals surface area contributed by atoms with E-state index in [1.54, 1.807) is 17.8 Å². The number of nitrogens with one attached hydrogen (secondary N) is 1. The molecule has 3 saturated carbocycles. The highest BCUT2D eigenvalue weighted by molar-refractivity contribution is 7.99. The van der Waals surface area contributed by atoms with E-state index in [0.717, 1.165) is 85.8 Å². The second-order valence-electron chi connectivity index (χ2n) is 12.8. The van der Waals surface area contributed by atoms with Crippen LogP contribution in [-0.2, 0) is 11.0 Å². The molecule has 3 aliphatic carbocycles. The number of nitrogens with zero attached hydrogens (tertiary/aromatic N) is 5. The van der Waals surface area contributed by atoms with Crippen molar-refractivity contribution in [3.8, 4) is 10.6 Å². The molecular formula is C33H39F3N6OS2. The van der Waals surface area contributed by atoms with Gasteiger partial charge >= 0.3 is 6.18 Å². The van der Waals surface area contributed by atoms with Crippen LogP contribution in [0.2, 0.25) is 0 Å². The number of halogens is 3. The molecule has 3 aromatic rings. The summed E-state index contributed by atoms with van der Waals surface area (Å²) >= 11 is 2.87. The maximum absolute atomic E-state index is 14.2. The lowest BCUT2D eigenvalue weighted by Crippen LogP contribution is -2.47. The van der Waals surface area contributed by atoms with Gasteiger partial charge in [0.05, 0.1) is 10.6 Å². The van der Waals surface area contributed by atoms with Gasteiger partial charge in [-0.3, -0.25) is 9.69 Å². The molecule has 0 unspecified atom stereocenters. The Morgan fingerprint density at radius 1 is 1.09 bits per heavy atom. The summed E-state index contributed by atoms with van der Waals surface area (Å²) < 4.78 is 42.5. The van der Waals surface area contributed by atoms with Gasteiger partial charge in [-0.05, 0) is 87.1 Å². The molecule has 3 heterocycles. The first kappa shape index (κ1) is 30.8. The van der Waals surface area contributed by atoms with Gasteiger partial charge in [0.15, 0.2) is 0 Å². The molecule has 45 heavy (non-hydrogen) atoms. The van der Waals surface area contributed by atoms with Crippen molar-refractivity contribution in [2.24, 2.45) is 5.92 Å². The van der Waals surface area contributed by atoms with Crippen LogP contribution < -0.4 is 10.2 Å². The third-order valence-corrected chi connectivity index (χ3v) is 11.5. The predicted molar refractivity (Wildman–Crippen MR) is 175 cm³/mol. The van der Waals surface area contributed by atoms with Crippen molar-refractivity contribution in [1.29, 1.82) is 0 Å². The van der Waals surface area contributed by atoms with Crippen LogP contribution in [0.3, 0.4) is 0 Å². The monoisotopic (exact) mass is 656 g/mol. The molecule has 7 rings (SSSR count). The SMILES string of the molecule is Cc1sc(-c2nc(Nc3ccc(N4CCN(CC5CC5)CC4)cc3C3CC3)ncc2C(F)(F)F)cc1SCCN(C=O)C1CC1. The van der Waals surface area contributed by atoms with Gasteiger partial charge < -0.3 is 15.1 Å². The van der Waals surface area contributed by atoms with E-state index in [4.69, 9.17) is 0 Å². The Labute approximate surface area is 270 Å². The summed E-state index contributed by atoms with van der Waals surface area (Å²) in [5.41, 5.74) is 2.29. The number of rotatable bonds is 13. The summed E-state index contributed by atoms with van der Waals surface area (Å²) in [5.74, 6) is 2.18. The summed E-state index contributed by atoms with van der Waals surface area (Å²) in [6.45, 7) is 7.94. The number of anilines is 3. The smallest absolute Gasteiger partial charge is 0.369 e. The summed E-state index contributed by atoms with van der Waals surface area (Å²) in [4.78, 5) is 29.1. The number of piperazine rings is 1. The highest BCUT2D eigenvalue weighted by atomic mass is 32.2. The number of hydrogen-bond donors (Lipinski definition) is 1. The normalized spacial score (nSPS) is 19.2. The molecule has 0 atom stereocenters. The molecule has 1 amide bonds. The lowest BCUT2D eigenvalue weighted by molar-refractivity contribution is -0.137. The van der Waals surface area contributed by atoms with Crippen molar-refractivity contribution in [1.82, 2.24) is 19.8 Å². The zero-order chi connectivity index (χ0) is 31.1. The molecule has 7 nitrogen and oxygen atoms in total. The van der Waals surface area contributed by atoms with Crippen LogP contribution in [0.4, 0.5) is 30.5 Å². The molecule has 240 valence electrons. The van der Waals surface area contributed by atoms with Gasteiger partial charge in [0.25, 0.3) is 0 Å². The van der Waals surface area contributed by atoms with Crippen molar-refractivity contribution < 1.29 is 18.0 Å². The lowest BCUT2D eigenvalue weighted by Gasteiger charge is -2.36. The average Bonchev–Trinajstić information content (AvgIpc) is 3.88. The van der Waals surface area contributed by atoms with Gasteiger partial charge in [-0.2, -0.15) is 13.2 Å². The number of amides is 1. The molecule has 0 radical (unpaired) electrons. The number of carbonyl (C=O) groups is 1. The highest BCUT2D eigenvalue weighted by Gasteiger charge is 2.36. The number of hydrogen-bond acceptors (Lipinski definition) is 8. The minimum atomic E-state index is -4.59. The van der Waals surface area contributed by atoms with E-state index in [1.165, 1.54) is 42.0 Å². The number of carbonyl (C=O) groups excluding carboxylic acids is 1. The third-order valence-electron chi connectivity index (χ3n) is 9.21. The van der Waals surface area contributed by atoms with E-state index in [-0.39, 0.29) is 11.6 Å². The first-order chi connectivity index (χ1) is 21.7. The van der Waals surface area contributed by atoms with Crippen LogP contribution >= 0.6 is 23.1 Å². The van der Waals surface area contributed by atoms with Gasteiger partial charge in [0, 0.05) is 78.4 Å².